The van der Waals surface area contributed by atoms with E-state index < -0.39 is 11.7 Å². The van der Waals surface area contributed by atoms with E-state index in [1.807, 2.05) is 0 Å². The number of anilines is 1. The molecule has 0 bridgehead atoms. The number of rotatable bonds is 5. The lowest BCUT2D eigenvalue weighted by molar-refractivity contribution is 0.1000. The molecule has 0 atom stereocenters. The van der Waals surface area contributed by atoms with Crippen LogP contribution in [0.5, 0.6) is 0 Å². The van der Waals surface area contributed by atoms with Crippen LogP contribution in [-0.2, 0) is 0 Å². The predicted molar refractivity (Wildman–Crippen MR) is 57.1 cm³/mol. The summed E-state index contributed by atoms with van der Waals surface area (Å²) in [5.41, 5.74) is 10.8. The number of nitrogens with one attached hydrogen (secondary N) is 1. The van der Waals surface area contributed by atoms with E-state index in [2.05, 4.69) is 5.32 Å². The van der Waals surface area contributed by atoms with E-state index in [1.165, 1.54) is 12.1 Å². The highest BCUT2D eigenvalue weighted by Gasteiger charge is 2.05. The Morgan fingerprint density at radius 2 is 2.20 bits per heavy atom. The van der Waals surface area contributed by atoms with E-state index in [1.54, 1.807) is 0 Å². The molecule has 0 aliphatic carbocycles. The van der Waals surface area contributed by atoms with Crippen molar-refractivity contribution in [1.82, 2.24) is 0 Å². The minimum Gasteiger partial charge on any atom is -0.383 e. The van der Waals surface area contributed by atoms with Crippen LogP contribution in [0.4, 0.5) is 10.1 Å². The van der Waals surface area contributed by atoms with Gasteiger partial charge in [0.2, 0.25) is 5.91 Å². The average molecular weight is 211 g/mol. The summed E-state index contributed by atoms with van der Waals surface area (Å²) in [5.74, 6) is -1.12. The Labute approximate surface area is 87.4 Å². The summed E-state index contributed by atoms with van der Waals surface area (Å²) in [7, 11) is 0. The third kappa shape index (κ3) is 3.21. The maximum absolute atomic E-state index is 13.3. The van der Waals surface area contributed by atoms with Gasteiger partial charge < -0.3 is 16.8 Å². The molecule has 0 radical (unpaired) electrons. The second-order valence-corrected chi connectivity index (χ2v) is 3.13. The molecule has 0 heterocycles. The second-order valence-electron chi connectivity index (χ2n) is 3.13. The van der Waals surface area contributed by atoms with Crippen LogP contribution < -0.4 is 16.8 Å². The zero-order valence-corrected chi connectivity index (χ0v) is 8.29. The Morgan fingerprint density at radius 1 is 1.47 bits per heavy atom. The number of benzene rings is 1. The molecule has 0 spiro atoms. The van der Waals surface area contributed by atoms with Gasteiger partial charge in [-0.15, -0.1) is 0 Å². The topological polar surface area (TPSA) is 81.1 Å². The third-order valence-electron chi connectivity index (χ3n) is 1.95. The van der Waals surface area contributed by atoms with E-state index in [9.17, 15) is 9.18 Å². The first-order valence-electron chi connectivity index (χ1n) is 4.68. The summed E-state index contributed by atoms with van der Waals surface area (Å²) >= 11 is 0. The summed E-state index contributed by atoms with van der Waals surface area (Å²) in [5, 5.41) is 2.87. The van der Waals surface area contributed by atoms with Gasteiger partial charge in [0, 0.05) is 12.1 Å². The van der Waals surface area contributed by atoms with Crippen molar-refractivity contribution in [1.29, 1.82) is 0 Å². The van der Waals surface area contributed by atoms with Gasteiger partial charge in [-0.05, 0) is 31.2 Å². The first-order valence-corrected chi connectivity index (χ1v) is 4.68. The average Bonchev–Trinajstić information content (AvgIpc) is 2.20. The predicted octanol–water partition coefficient (Wildman–Crippen LogP) is 0.685. The normalized spacial score (nSPS) is 10.0. The zero-order valence-electron chi connectivity index (χ0n) is 8.29. The molecule has 1 aromatic rings. The van der Waals surface area contributed by atoms with Crippen molar-refractivity contribution in [3.05, 3.63) is 29.6 Å². The molecule has 0 saturated carbocycles. The van der Waals surface area contributed by atoms with Gasteiger partial charge in [-0.25, -0.2) is 4.39 Å². The molecule has 0 aromatic heterocycles. The summed E-state index contributed by atoms with van der Waals surface area (Å²) in [6.07, 6.45) is 0.761. The van der Waals surface area contributed by atoms with Crippen LogP contribution in [0, 0.1) is 5.82 Å². The van der Waals surface area contributed by atoms with E-state index in [0.29, 0.717) is 18.8 Å². The fourth-order valence-corrected chi connectivity index (χ4v) is 1.14. The lowest BCUT2D eigenvalue weighted by Gasteiger charge is -2.07. The molecule has 0 aliphatic heterocycles. The highest BCUT2D eigenvalue weighted by Crippen LogP contribution is 2.15. The van der Waals surface area contributed by atoms with Crippen LogP contribution >= 0.6 is 0 Å². The van der Waals surface area contributed by atoms with E-state index in [4.69, 9.17) is 11.5 Å². The summed E-state index contributed by atoms with van der Waals surface area (Å²) in [4.78, 5) is 10.7. The zero-order chi connectivity index (χ0) is 11.3. The monoisotopic (exact) mass is 211 g/mol. The Morgan fingerprint density at radius 3 is 2.73 bits per heavy atom. The van der Waals surface area contributed by atoms with E-state index >= 15 is 0 Å². The first-order chi connectivity index (χ1) is 7.15. The number of carbonyl (C=O) groups excluding carboxylic acids is 1. The van der Waals surface area contributed by atoms with Crippen LogP contribution in [0.2, 0.25) is 0 Å². The van der Waals surface area contributed by atoms with Crippen molar-refractivity contribution in [2.24, 2.45) is 11.5 Å². The van der Waals surface area contributed by atoms with Crippen molar-refractivity contribution in [3.63, 3.8) is 0 Å². The minimum absolute atomic E-state index is 0.164. The molecular weight excluding hydrogens is 197 g/mol. The Hall–Kier alpha value is -1.62. The van der Waals surface area contributed by atoms with Crippen molar-refractivity contribution >= 4 is 11.6 Å². The summed E-state index contributed by atoms with van der Waals surface area (Å²) in [6, 6.07) is 4.09. The Balaban J connectivity index is 2.70. The van der Waals surface area contributed by atoms with Crippen LogP contribution in [0.15, 0.2) is 18.2 Å². The van der Waals surface area contributed by atoms with Crippen molar-refractivity contribution < 1.29 is 9.18 Å². The number of hydrogen-bond donors (Lipinski definition) is 3. The third-order valence-corrected chi connectivity index (χ3v) is 1.95. The molecule has 1 aromatic carbocycles. The lowest BCUT2D eigenvalue weighted by Crippen LogP contribution is -2.12. The van der Waals surface area contributed by atoms with Gasteiger partial charge >= 0.3 is 0 Å². The van der Waals surface area contributed by atoms with E-state index in [-0.39, 0.29) is 5.56 Å². The van der Waals surface area contributed by atoms with Gasteiger partial charge in [-0.3, -0.25) is 4.79 Å². The van der Waals surface area contributed by atoms with Gasteiger partial charge in [-0.2, -0.15) is 0 Å². The van der Waals surface area contributed by atoms with Gasteiger partial charge in [0.05, 0.1) is 5.69 Å². The minimum atomic E-state index is -0.637. The molecule has 0 saturated heterocycles. The molecule has 5 N–H and O–H groups in total. The fraction of sp³-hybridized carbons (Fsp3) is 0.300. The number of halogens is 1. The molecule has 82 valence electrons. The maximum Gasteiger partial charge on any atom is 0.248 e. The smallest absolute Gasteiger partial charge is 0.248 e. The number of primary amides is 1. The molecule has 0 unspecified atom stereocenters. The molecule has 1 rings (SSSR count). The first kappa shape index (κ1) is 11.5. The van der Waals surface area contributed by atoms with Crippen molar-refractivity contribution in [2.75, 3.05) is 18.4 Å². The maximum atomic E-state index is 13.3. The largest absolute Gasteiger partial charge is 0.383 e. The fourth-order valence-electron chi connectivity index (χ4n) is 1.14. The van der Waals surface area contributed by atoms with Crippen LogP contribution in [-0.4, -0.2) is 19.0 Å². The number of carbonyl (C=O) groups is 1. The molecule has 0 aliphatic rings. The number of amides is 1. The quantitative estimate of drug-likeness (QED) is 0.626. The van der Waals surface area contributed by atoms with Crippen molar-refractivity contribution in [3.8, 4) is 0 Å². The van der Waals surface area contributed by atoms with Crippen LogP contribution in [0.25, 0.3) is 0 Å². The standard InChI is InChI=1S/C10H14FN3O/c11-8-6-7(10(13)15)2-3-9(8)14-5-1-4-12/h2-3,6,14H,1,4-5,12H2,(H2,13,15). The Kier molecular flexibility index (Phi) is 4.05. The number of hydrogen-bond acceptors (Lipinski definition) is 3. The molecule has 1 amide bonds. The highest BCUT2D eigenvalue weighted by molar-refractivity contribution is 5.93. The summed E-state index contributed by atoms with van der Waals surface area (Å²) in [6.45, 7) is 1.15. The molecular formula is C10H14FN3O. The van der Waals surface area contributed by atoms with E-state index in [0.717, 1.165) is 12.5 Å². The Bertz CT molecular complexity index is 355. The molecule has 5 heteroatoms. The van der Waals surface area contributed by atoms with Gasteiger partial charge in [-0.1, -0.05) is 0 Å². The van der Waals surface area contributed by atoms with Gasteiger partial charge in [0.1, 0.15) is 5.82 Å². The number of nitrogens with two attached hydrogens (primary N) is 2. The lowest BCUT2D eigenvalue weighted by atomic mass is 10.2. The SMILES string of the molecule is NCCCNc1ccc(C(N)=O)cc1F. The second kappa shape index (κ2) is 5.31. The highest BCUT2D eigenvalue weighted by atomic mass is 19.1. The molecule has 0 fully saturated rings. The van der Waals surface area contributed by atoms with Gasteiger partial charge in [0.25, 0.3) is 0 Å². The van der Waals surface area contributed by atoms with Crippen LogP contribution in [0.1, 0.15) is 16.8 Å². The van der Waals surface area contributed by atoms with Gasteiger partial charge in [0.15, 0.2) is 0 Å². The molecule has 4 nitrogen and oxygen atoms in total. The van der Waals surface area contributed by atoms with Crippen LogP contribution in [0.3, 0.4) is 0 Å². The summed E-state index contributed by atoms with van der Waals surface area (Å²) < 4.78 is 13.3. The van der Waals surface area contributed by atoms with Crippen molar-refractivity contribution in [2.45, 2.75) is 6.42 Å². The molecule has 15 heavy (non-hydrogen) atoms.